The molecule has 1 atom stereocenters. The lowest BCUT2D eigenvalue weighted by molar-refractivity contribution is 0.377. The number of hydrogen-bond acceptors (Lipinski definition) is 12. The molecule has 1 aliphatic heterocycles. The van der Waals surface area contributed by atoms with Crippen LogP contribution in [0.4, 0.5) is 17.3 Å². The minimum atomic E-state index is -0.796. The molecular formula is C26H19ClN10O3. The number of hydrogen-bond donors (Lipinski definition) is 4. The van der Waals surface area contributed by atoms with Crippen molar-refractivity contribution in [1.82, 2.24) is 20.1 Å². The van der Waals surface area contributed by atoms with Gasteiger partial charge in [0.25, 0.3) is 5.56 Å². The number of aromatic nitrogens is 3. The van der Waals surface area contributed by atoms with Gasteiger partial charge in [0.2, 0.25) is 5.96 Å². The molecule has 0 fully saturated rings. The number of rotatable bonds is 5. The lowest BCUT2D eigenvalue weighted by Gasteiger charge is -2.26. The summed E-state index contributed by atoms with van der Waals surface area (Å²) in [5.74, 6) is 0.812. The Morgan fingerprint density at radius 1 is 1.12 bits per heavy atom. The Morgan fingerprint density at radius 3 is 2.60 bits per heavy atom. The summed E-state index contributed by atoms with van der Waals surface area (Å²) in [6.07, 6.45) is 3.13. The number of pyridine rings is 1. The van der Waals surface area contributed by atoms with E-state index in [0.717, 1.165) is 4.68 Å². The third-order valence-corrected chi connectivity index (χ3v) is 6.32. The van der Waals surface area contributed by atoms with Crippen LogP contribution in [-0.4, -0.2) is 27.8 Å². The van der Waals surface area contributed by atoms with E-state index in [9.17, 15) is 10.1 Å². The van der Waals surface area contributed by atoms with E-state index >= 15 is 0 Å². The van der Waals surface area contributed by atoms with Crippen molar-refractivity contribution in [1.29, 1.82) is 10.5 Å². The van der Waals surface area contributed by atoms with E-state index in [2.05, 4.69) is 25.7 Å². The summed E-state index contributed by atoms with van der Waals surface area (Å²) in [7, 11) is 1.44. The van der Waals surface area contributed by atoms with Crippen LogP contribution in [0.2, 0.25) is 5.02 Å². The molecule has 0 saturated heterocycles. The van der Waals surface area contributed by atoms with Crippen LogP contribution in [0.3, 0.4) is 0 Å². The molecule has 14 heteroatoms. The molecule has 0 saturated carbocycles. The zero-order chi connectivity index (χ0) is 28.4. The van der Waals surface area contributed by atoms with Gasteiger partial charge < -0.3 is 26.3 Å². The van der Waals surface area contributed by atoms with Gasteiger partial charge in [0.1, 0.15) is 29.3 Å². The summed E-state index contributed by atoms with van der Waals surface area (Å²) >= 11 is 6.35. The molecule has 0 aliphatic carbocycles. The number of fused-ring (bicyclic) bond motifs is 1. The Hall–Kier alpha value is -5.79. The summed E-state index contributed by atoms with van der Waals surface area (Å²) in [6.45, 7) is 0. The minimum Gasteiger partial charge on any atom is -0.493 e. The normalized spacial score (nSPS) is 13.6. The van der Waals surface area contributed by atoms with Gasteiger partial charge in [-0.25, -0.2) is 9.98 Å². The number of nitrogen functional groups attached to an aromatic ring is 2. The maximum atomic E-state index is 12.9. The third kappa shape index (κ3) is 4.53. The van der Waals surface area contributed by atoms with Crippen LogP contribution in [0.5, 0.6) is 17.2 Å². The number of halogens is 1. The number of nitrogens with zero attached hydrogens (tertiary/aromatic N) is 6. The quantitative estimate of drug-likeness (QED) is 0.208. The Morgan fingerprint density at radius 2 is 1.90 bits per heavy atom. The molecular weight excluding hydrogens is 536 g/mol. The molecule has 0 radical (unpaired) electrons. The number of nitrogens with two attached hydrogens (primary N) is 2. The Bertz CT molecular complexity index is 1810. The summed E-state index contributed by atoms with van der Waals surface area (Å²) in [6, 6.07) is 14.9. The fourth-order valence-corrected chi connectivity index (χ4v) is 4.29. The molecule has 5 rings (SSSR count). The van der Waals surface area contributed by atoms with Crippen LogP contribution < -0.4 is 37.1 Å². The number of methoxy groups -OCH3 is 1. The van der Waals surface area contributed by atoms with Crippen LogP contribution in [0, 0.1) is 22.8 Å². The molecule has 40 heavy (non-hydrogen) atoms. The number of anilines is 3. The number of aliphatic imine (C=N–C) groups is 1. The number of nitriles is 2. The summed E-state index contributed by atoms with van der Waals surface area (Å²) in [5.41, 5.74) is 13.3. The SMILES string of the molecule is COc1cc(C2N=C(NC#N)Nc3nc(N)c(C#N)c(N)c32)ccc1Oc1cnn(-c2ccccc2)c(=O)c1Cl. The molecule has 1 aliphatic rings. The number of ether oxygens (including phenoxy) is 2. The van der Waals surface area contributed by atoms with E-state index in [4.69, 9.17) is 37.8 Å². The smallest absolute Gasteiger partial charge is 0.294 e. The second-order valence-electron chi connectivity index (χ2n) is 8.29. The largest absolute Gasteiger partial charge is 0.493 e. The molecule has 4 aromatic rings. The van der Waals surface area contributed by atoms with Crippen LogP contribution in [0.25, 0.3) is 5.69 Å². The fourth-order valence-electron chi connectivity index (χ4n) is 4.12. The highest BCUT2D eigenvalue weighted by molar-refractivity contribution is 6.31. The summed E-state index contributed by atoms with van der Waals surface area (Å²) in [4.78, 5) is 21.6. The van der Waals surface area contributed by atoms with Gasteiger partial charge in [-0.05, 0) is 29.8 Å². The molecule has 3 heterocycles. The van der Waals surface area contributed by atoms with Gasteiger partial charge in [0.05, 0.1) is 24.7 Å². The van der Waals surface area contributed by atoms with Gasteiger partial charge in [-0.2, -0.15) is 20.3 Å². The molecule has 1 unspecified atom stereocenters. The van der Waals surface area contributed by atoms with Crippen molar-refractivity contribution in [2.45, 2.75) is 6.04 Å². The van der Waals surface area contributed by atoms with Gasteiger partial charge in [0.15, 0.2) is 28.5 Å². The monoisotopic (exact) mass is 554 g/mol. The van der Waals surface area contributed by atoms with Gasteiger partial charge in [-0.15, -0.1) is 0 Å². The third-order valence-electron chi connectivity index (χ3n) is 5.97. The van der Waals surface area contributed by atoms with Gasteiger partial charge in [-0.1, -0.05) is 35.9 Å². The first kappa shape index (κ1) is 25.8. The highest BCUT2D eigenvalue weighted by atomic mass is 35.5. The Labute approximate surface area is 231 Å². The van der Waals surface area contributed by atoms with Crippen molar-refractivity contribution in [2.24, 2.45) is 4.99 Å². The first-order chi connectivity index (χ1) is 19.4. The van der Waals surface area contributed by atoms with Crippen LogP contribution >= 0.6 is 11.6 Å². The topological polar surface area (TPSA) is 202 Å². The Balaban J connectivity index is 1.54. The van der Waals surface area contributed by atoms with E-state index in [-0.39, 0.29) is 51.1 Å². The van der Waals surface area contributed by atoms with Crippen LogP contribution in [0.1, 0.15) is 22.7 Å². The molecule has 6 N–H and O–H groups in total. The van der Waals surface area contributed by atoms with E-state index in [1.165, 1.54) is 13.3 Å². The predicted octanol–water partition coefficient (Wildman–Crippen LogP) is 3.06. The van der Waals surface area contributed by atoms with Crippen molar-refractivity contribution >= 4 is 34.9 Å². The molecule has 0 spiro atoms. The molecule has 0 bridgehead atoms. The first-order valence-corrected chi connectivity index (χ1v) is 11.9. The predicted molar refractivity (Wildman–Crippen MR) is 147 cm³/mol. The summed E-state index contributed by atoms with van der Waals surface area (Å²) < 4.78 is 12.6. The second kappa shape index (κ2) is 10.5. The summed E-state index contributed by atoms with van der Waals surface area (Å²) in [5, 5.41) is 28.0. The first-order valence-electron chi connectivity index (χ1n) is 11.5. The van der Waals surface area contributed by atoms with Crippen molar-refractivity contribution < 1.29 is 9.47 Å². The van der Waals surface area contributed by atoms with Crippen molar-refractivity contribution in [3.05, 3.63) is 86.8 Å². The van der Waals surface area contributed by atoms with Crippen LogP contribution in [-0.2, 0) is 0 Å². The maximum Gasteiger partial charge on any atom is 0.294 e. The lowest BCUT2D eigenvalue weighted by atomic mass is 9.95. The van der Waals surface area contributed by atoms with Gasteiger partial charge >= 0.3 is 0 Å². The maximum absolute atomic E-state index is 12.9. The van der Waals surface area contributed by atoms with Gasteiger partial charge in [-0.3, -0.25) is 10.1 Å². The number of para-hydroxylation sites is 1. The highest BCUT2D eigenvalue weighted by Crippen LogP contribution is 2.43. The van der Waals surface area contributed by atoms with E-state index in [1.54, 1.807) is 48.7 Å². The standard InChI is InChI=1S/C26H19ClN10O3/c1-39-17-9-13(22-19-21(30)15(10-28)23(31)35-24(19)36-26(34-22)32-12-29)7-8-16(17)40-18-11-33-37(25(38)20(18)27)14-5-3-2-4-6-14/h2-9,11,22H,1H3,(H6,30,31,32,34,35,36). The molecule has 198 valence electrons. The van der Waals surface area contributed by atoms with Crippen molar-refractivity contribution in [3.63, 3.8) is 0 Å². The van der Waals surface area contributed by atoms with E-state index < -0.39 is 11.6 Å². The zero-order valence-electron chi connectivity index (χ0n) is 20.7. The van der Waals surface area contributed by atoms with Crippen molar-refractivity contribution in [2.75, 3.05) is 23.9 Å². The zero-order valence-corrected chi connectivity index (χ0v) is 21.5. The molecule has 2 aromatic heterocycles. The lowest BCUT2D eigenvalue weighted by Crippen LogP contribution is -2.32. The van der Waals surface area contributed by atoms with E-state index in [0.29, 0.717) is 16.8 Å². The number of benzene rings is 2. The molecule has 2 aromatic carbocycles. The van der Waals surface area contributed by atoms with Crippen molar-refractivity contribution in [3.8, 4) is 35.2 Å². The number of guanidine groups is 1. The Kier molecular flexibility index (Phi) is 6.80. The van der Waals surface area contributed by atoms with E-state index in [1.807, 2.05) is 12.1 Å². The minimum absolute atomic E-state index is 0.0109. The average Bonchev–Trinajstić information content (AvgIpc) is 2.96. The average molecular weight is 555 g/mol. The molecule has 0 amide bonds. The number of nitrogens with one attached hydrogen (secondary N) is 2. The van der Waals surface area contributed by atoms with Gasteiger partial charge in [0, 0.05) is 5.56 Å². The second-order valence-corrected chi connectivity index (χ2v) is 8.67. The molecule has 13 nitrogen and oxygen atoms in total. The van der Waals surface area contributed by atoms with Crippen LogP contribution in [0.15, 0.2) is 64.5 Å². The fraction of sp³-hybridized carbons (Fsp3) is 0.0769. The highest BCUT2D eigenvalue weighted by Gasteiger charge is 2.30.